The smallest absolute Gasteiger partial charge is 0.399 e. The lowest BCUT2D eigenvalue weighted by molar-refractivity contribution is 0.00578. The van der Waals surface area contributed by atoms with Crippen LogP contribution in [0.3, 0.4) is 0 Å². The number of nitrogens with zero attached hydrogens (tertiary/aromatic N) is 6. The van der Waals surface area contributed by atoms with Crippen molar-refractivity contribution in [3.63, 3.8) is 0 Å². The molecule has 0 saturated carbocycles. The Kier molecular flexibility index (Phi) is 14.2. The van der Waals surface area contributed by atoms with Gasteiger partial charge in [0.05, 0.1) is 65.9 Å². The van der Waals surface area contributed by atoms with Crippen LogP contribution < -0.4 is 30.4 Å². The van der Waals surface area contributed by atoms with Crippen molar-refractivity contribution >= 4 is 80.3 Å². The molecule has 7 heterocycles. The van der Waals surface area contributed by atoms with E-state index in [0.717, 1.165) is 130 Å². The van der Waals surface area contributed by atoms with E-state index in [4.69, 9.17) is 18.8 Å². The normalized spacial score (nSPS) is 17.9. The zero-order valence-corrected chi connectivity index (χ0v) is 42.9. The Morgan fingerprint density at radius 1 is 0.600 bits per heavy atom. The maximum Gasteiger partial charge on any atom is 0.495 e. The van der Waals surface area contributed by atoms with E-state index in [-0.39, 0.29) is 30.0 Å². The number of aryl methyl sites for hydroxylation is 2. The van der Waals surface area contributed by atoms with Gasteiger partial charge in [0.15, 0.2) is 5.78 Å². The minimum Gasteiger partial charge on any atom is -0.399 e. The van der Waals surface area contributed by atoms with Crippen molar-refractivity contribution in [3.8, 4) is 11.1 Å². The predicted octanol–water partition coefficient (Wildman–Crippen LogP) is 9.71. The zero-order valence-electron chi connectivity index (χ0n) is 41.3. The second-order valence-corrected chi connectivity index (χ2v) is 20.3. The van der Waals surface area contributed by atoms with E-state index in [1.165, 1.54) is 5.56 Å². The fourth-order valence-corrected chi connectivity index (χ4v) is 9.61. The molecular formula is C55H61BBrN7O6. The fraction of sp³-hybridized carbons (Fsp3) is 0.345. The van der Waals surface area contributed by atoms with Gasteiger partial charge in [0.2, 0.25) is 0 Å². The number of ketones is 1. The highest BCUT2D eigenvalue weighted by Crippen LogP contribution is 2.40. The van der Waals surface area contributed by atoms with Crippen LogP contribution in [0.2, 0.25) is 0 Å². The minimum atomic E-state index is -0.335. The Morgan fingerprint density at radius 2 is 1.14 bits per heavy atom. The molecule has 0 spiro atoms. The molecule has 5 aliphatic rings. The van der Waals surface area contributed by atoms with Crippen LogP contribution in [0.15, 0.2) is 114 Å². The molecule has 5 aliphatic heterocycles. The number of benzene rings is 4. The first-order valence-electron chi connectivity index (χ1n) is 23.9. The summed E-state index contributed by atoms with van der Waals surface area (Å²) in [5.41, 5.74) is 12.0. The average Bonchev–Trinajstić information content (AvgIpc) is 3.46. The molecule has 2 aromatic heterocycles. The summed E-state index contributed by atoms with van der Waals surface area (Å²) in [4.78, 5) is 43.1. The van der Waals surface area contributed by atoms with Crippen LogP contribution in [0.1, 0.15) is 65.1 Å². The topological polar surface area (TPSA) is 122 Å². The minimum absolute atomic E-state index is 0.0921. The zero-order chi connectivity index (χ0) is 49.3. The highest BCUT2D eigenvalue weighted by molar-refractivity contribution is 9.10. The van der Waals surface area contributed by atoms with Crippen LogP contribution >= 0.6 is 15.9 Å². The number of rotatable bonds is 4. The molecule has 0 atom stereocenters. The number of ether oxygens (including phenoxy) is 2. The van der Waals surface area contributed by atoms with Crippen LogP contribution in [0, 0.1) is 13.8 Å². The van der Waals surface area contributed by atoms with Gasteiger partial charge in [0, 0.05) is 74.8 Å². The first kappa shape index (κ1) is 48.9. The number of aromatic nitrogens is 2. The van der Waals surface area contributed by atoms with Crippen molar-refractivity contribution in [3.05, 3.63) is 142 Å². The molecule has 6 aromatic rings. The van der Waals surface area contributed by atoms with E-state index in [9.17, 15) is 9.59 Å². The molecular weight excluding hydrogens is 945 g/mol. The summed E-state index contributed by atoms with van der Waals surface area (Å²) in [7, 11) is 3.67. The molecule has 3 saturated heterocycles. The molecule has 1 N–H and O–H groups in total. The number of carbonyl (C=O) groups excluding carboxylic acids is 2. The number of morpholine rings is 2. The van der Waals surface area contributed by atoms with Crippen LogP contribution in [0.25, 0.3) is 11.1 Å². The molecule has 362 valence electrons. The van der Waals surface area contributed by atoms with Gasteiger partial charge in [-0.2, -0.15) is 0 Å². The van der Waals surface area contributed by atoms with Crippen LogP contribution in [-0.2, 0) is 25.2 Å². The van der Waals surface area contributed by atoms with Crippen molar-refractivity contribution in [2.75, 3.05) is 91.6 Å². The molecule has 13 nitrogen and oxygen atoms in total. The van der Waals surface area contributed by atoms with Crippen molar-refractivity contribution in [1.29, 1.82) is 0 Å². The van der Waals surface area contributed by atoms with Crippen LogP contribution in [0.5, 0.6) is 0 Å². The molecule has 1 amide bonds. The monoisotopic (exact) mass is 1010 g/mol. The molecule has 11 rings (SSSR count). The number of pyridine rings is 2. The quantitative estimate of drug-likeness (QED) is 0.169. The van der Waals surface area contributed by atoms with E-state index in [1.807, 2.05) is 88.0 Å². The van der Waals surface area contributed by atoms with Crippen molar-refractivity contribution in [1.82, 2.24) is 9.97 Å². The van der Waals surface area contributed by atoms with Gasteiger partial charge in [0.1, 0.15) is 11.6 Å². The first-order valence-corrected chi connectivity index (χ1v) is 24.7. The molecule has 3 fully saturated rings. The Balaban J connectivity index is 0.000000135. The van der Waals surface area contributed by atoms with Gasteiger partial charge in [-0.05, 0) is 142 Å². The molecule has 0 aliphatic carbocycles. The van der Waals surface area contributed by atoms with Gasteiger partial charge < -0.3 is 43.7 Å². The summed E-state index contributed by atoms with van der Waals surface area (Å²) in [6.07, 6.45) is 4.12. The lowest BCUT2D eigenvalue weighted by Crippen LogP contribution is -2.41. The molecule has 0 unspecified atom stereocenters. The summed E-state index contributed by atoms with van der Waals surface area (Å²) in [5, 5.41) is 3.08. The van der Waals surface area contributed by atoms with Crippen LogP contribution in [0.4, 0.5) is 40.1 Å². The lowest BCUT2D eigenvalue weighted by atomic mass is 9.79. The first-order chi connectivity index (χ1) is 33.5. The predicted molar refractivity (Wildman–Crippen MR) is 284 cm³/mol. The molecule has 70 heavy (non-hydrogen) atoms. The Morgan fingerprint density at radius 3 is 1.81 bits per heavy atom. The number of amides is 1. The fourth-order valence-electron chi connectivity index (χ4n) is 9.25. The van der Waals surface area contributed by atoms with Gasteiger partial charge in [0.25, 0.3) is 5.91 Å². The average molecular weight is 1010 g/mol. The van der Waals surface area contributed by atoms with Gasteiger partial charge in [-0.15, -0.1) is 0 Å². The van der Waals surface area contributed by atoms with Crippen molar-refractivity contribution in [2.24, 2.45) is 0 Å². The SMILES string of the molecule is CC1(C)OB(c2ccnc(N3CCOCC3)c2)OC1(C)C.Cc1ccc2c(c1)CC(=O)c1cc(Br)ccc1N2C.Cc1ccc2c(c1)NC(=O)c1cc(-c3ccnc(N4CCOCC4)c3)ccc1N2C. The number of halogens is 1. The Bertz CT molecular complexity index is 2900. The standard InChI is InChI=1S/C24H24N4O2.C16H14BrNO.C15H23BN2O3/c1-16-3-5-22-20(13-16)26-24(29)19-14-17(4-6-21(19)27(22)2)18-7-8-25-23(15-18)28-9-11-30-12-10-28;1-10-3-5-14-11(7-10)8-16(19)13-9-12(17)4-6-15(13)18(14)2;1-14(2)15(3,4)21-16(20-14)12-5-6-17-13(11-12)18-7-9-19-10-8-18/h3-8,13-15H,9-12H2,1-2H3,(H,26,29);3-7,9H,8H2,1-2H3;5-6,11H,7-10H2,1-4H3. The van der Waals surface area contributed by atoms with E-state index >= 15 is 0 Å². The summed E-state index contributed by atoms with van der Waals surface area (Å²) in [5.74, 6) is 1.98. The van der Waals surface area contributed by atoms with Crippen molar-refractivity contribution in [2.45, 2.75) is 59.2 Å². The highest BCUT2D eigenvalue weighted by atomic mass is 79.9. The van der Waals surface area contributed by atoms with E-state index in [1.54, 1.807) is 0 Å². The number of nitrogens with one attached hydrogen (secondary N) is 1. The maximum absolute atomic E-state index is 13.1. The van der Waals surface area contributed by atoms with Gasteiger partial charge in [-0.25, -0.2) is 9.97 Å². The molecule has 4 aromatic carbocycles. The second-order valence-electron chi connectivity index (χ2n) is 19.4. The summed E-state index contributed by atoms with van der Waals surface area (Å²) in [6, 6.07) is 32.4. The largest absolute Gasteiger partial charge is 0.495 e. The number of hydrogen-bond acceptors (Lipinski definition) is 12. The second kappa shape index (κ2) is 20.3. The number of carbonyl (C=O) groups is 2. The summed E-state index contributed by atoms with van der Waals surface area (Å²) in [6.45, 7) is 18.7. The summed E-state index contributed by atoms with van der Waals surface area (Å²) < 4.78 is 24.0. The summed E-state index contributed by atoms with van der Waals surface area (Å²) >= 11 is 3.44. The molecule has 0 radical (unpaired) electrons. The van der Waals surface area contributed by atoms with Gasteiger partial charge in [-0.3, -0.25) is 9.59 Å². The van der Waals surface area contributed by atoms with E-state index < -0.39 is 0 Å². The third kappa shape index (κ3) is 10.4. The Hall–Kier alpha value is -6.10. The number of anilines is 7. The number of hydrogen-bond donors (Lipinski definition) is 1. The van der Waals surface area contributed by atoms with Crippen molar-refractivity contribution < 1.29 is 28.4 Å². The molecule has 0 bridgehead atoms. The third-order valence-electron chi connectivity index (χ3n) is 14.0. The number of Topliss-reactive ketones (excluding diaryl/α,β-unsaturated/α-hetero) is 1. The van der Waals surface area contributed by atoms with Gasteiger partial charge >= 0.3 is 7.12 Å². The van der Waals surface area contributed by atoms with Gasteiger partial charge in [-0.1, -0.05) is 45.8 Å². The van der Waals surface area contributed by atoms with E-state index in [0.29, 0.717) is 12.0 Å². The van der Waals surface area contributed by atoms with Crippen LogP contribution in [-0.4, -0.2) is 107 Å². The van der Waals surface area contributed by atoms with E-state index in [2.05, 4.69) is 128 Å². The molecule has 15 heteroatoms. The Labute approximate surface area is 420 Å². The third-order valence-corrected chi connectivity index (χ3v) is 14.5. The number of fused-ring (bicyclic) bond motifs is 4. The maximum atomic E-state index is 13.1. The lowest BCUT2D eigenvalue weighted by Gasteiger charge is -2.32. The highest BCUT2D eigenvalue weighted by Gasteiger charge is 2.51.